The quantitative estimate of drug-likeness (QED) is 0.638. The molecular formula is C24H26ClNO. The van der Waals surface area contributed by atoms with Crippen molar-refractivity contribution >= 4 is 12.4 Å². The Kier molecular flexibility index (Phi) is 6.54. The SMILES string of the molecule is CN[C@@H]1Cc2ccccc2[C@@H]1Cc1ccc(OCc2ccccc2)cc1.Cl. The molecule has 3 heteroatoms. The molecule has 0 fully saturated rings. The average molecular weight is 380 g/mol. The second-order valence-corrected chi connectivity index (χ2v) is 7.03. The molecule has 1 aliphatic rings. The van der Waals surface area contributed by atoms with Crippen molar-refractivity contribution in [1.29, 1.82) is 0 Å². The van der Waals surface area contributed by atoms with Crippen LogP contribution in [-0.2, 0) is 19.4 Å². The van der Waals surface area contributed by atoms with Gasteiger partial charge < -0.3 is 10.1 Å². The molecule has 0 aliphatic heterocycles. The van der Waals surface area contributed by atoms with Gasteiger partial charge in [-0.05, 0) is 54.3 Å². The molecule has 0 saturated heterocycles. The Hall–Kier alpha value is -2.29. The van der Waals surface area contributed by atoms with Crippen LogP contribution < -0.4 is 10.1 Å². The van der Waals surface area contributed by atoms with Crippen molar-refractivity contribution in [3.63, 3.8) is 0 Å². The van der Waals surface area contributed by atoms with E-state index in [-0.39, 0.29) is 12.4 Å². The lowest BCUT2D eigenvalue weighted by Gasteiger charge is -2.20. The van der Waals surface area contributed by atoms with Gasteiger partial charge in [0.2, 0.25) is 0 Å². The van der Waals surface area contributed by atoms with Crippen molar-refractivity contribution in [2.75, 3.05) is 7.05 Å². The molecule has 0 heterocycles. The normalized spacial score (nSPS) is 17.8. The van der Waals surface area contributed by atoms with Crippen molar-refractivity contribution in [3.8, 4) is 5.75 Å². The van der Waals surface area contributed by atoms with Gasteiger partial charge >= 0.3 is 0 Å². The third kappa shape index (κ3) is 4.52. The number of fused-ring (bicyclic) bond motifs is 1. The summed E-state index contributed by atoms with van der Waals surface area (Å²) in [6.07, 6.45) is 2.18. The second kappa shape index (κ2) is 9.07. The van der Waals surface area contributed by atoms with Crippen LogP contribution in [0.5, 0.6) is 5.75 Å². The Morgan fingerprint density at radius 2 is 1.56 bits per heavy atom. The smallest absolute Gasteiger partial charge is 0.119 e. The number of hydrogen-bond donors (Lipinski definition) is 1. The average Bonchev–Trinajstić information content (AvgIpc) is 3.06. The van der Waals surface area contributed by atoms with Gasteiger partial charge in [0.1, 0.15) is 12.4 Å². The maximum Gasteiger partial charge on any atom is 0.119 e. The molecule has 27 heavy (non-hydrogen) atoms. The lowest BCUT2D eigenvalue weighted by atomic mass is 9.91. The van der Waals surface area contributed by atoms with Crippen molar-refractivity contribution in [2.24, 2.45) is 0 Å². The fourth-order valence-electron chi connectivity index (χ4n) is 3.95. The number of hydrogen-bond acceptors (Lipinski definition) is 2. The maximum absolute atomic E-state index is 5.90. The Morgan fingerprint density at radius 3 is 2.30 bits per heavy atom. The van der Waals surface area contributed by atoms with Gasteiger partial charge in [0.05, 0.1) is 0 Å². The summed E-state index contributed by atoms with van der Waals surface area (Å²) >= 11 is 0. The minimum absolute atomic E-state index is 0. The van der Waals surface area contributed by atoms with E-state index in [0.29, 0.717) is 18.6 Å². The van der Waals surface area contributed by atoms with E-state index in [4.69, 9.17) is 4.74 Å². The van der Waals surface area contributed by atoms with Gasteiger partial charge in [-0.3, -0.25) is 0 Å². The highest BCUT2D eigenvalue weighted by Gasteiger charge is 2.30. The lowest BCUT2D eigenvalue weighted by Crippen LogP contribution is -2.30. The fourth-order valence-corrected chi connectivity index (χ4v) is 3.95. The molecule has 0 saturated carbocycles. The molecular weight excluding hydrogens is 354 g/mol. The molecule has 2 atom stereocenters. The second-order valence-electron chi connectivity index (χ2n) is 7.03. The summed E-state index contributed by atoms with van der Waals surface area (Å²) in [5.41, 5.74) is 5.53. The van der Waals surface area contributed by atoms with Crippen molar-refractivity contribution in [1.82, 2.24) is 5.32 Å². The number of nitrogens with one attached hydrogen (secondary N) is 1. The molecule has 0 radical (unpaired) electrons. The van der Waals surface area contributed by atoms with E-state index in [1.54, 1.807) is 0 Å². The van der Waals surface area contributed by atoms with Crippen LogP contribution in [0.1, 0.15) is 28.2 Å². The molecule has 3 aromatic carbocycles. The summed E-state index contributed by atoms with van der Waals surface area (Å²) in [5, 5.41) is 3.51. The van der Waals surface area contributed by atoms with Crippen molar-refractivity contribution < 1.29 is 4.74 Å². The standard InChI is InChI=1S/C24H25NO.ClH/c1-25-24-16-20-9-5-6-10-22(20)23(24)15-18-11-13-21(14-12-18)26-17-19-7-3-2-4-8-19;/h2-14,23-25H,15-17H2,1H3;1H/t23-,24+;/m0./s1. The highest BCUT2D eigenvalue weighted by Crippen LogP contribution is 2.35. The first-order valence-corrected chi connectivity index (χ1v) is 9.34. The number of likely N-dealkylation sites (N-methyl/N-ethyl adjacent to an activating group) is 1. The van der Waals surface area contributed by atoms with Crippen LogP contribution in [0, 0.1) is 0 Å². The van der Waals surface area contributed by atoms with E-state index in [1.165, 1.54) is 22.3 Å². The van der Waals surface area contributed by atoms with Crippen LogP contribution >= 0.6 is 12.4 Å². The monoisotopic (exact) mass is 379 g/mol. The van der Waals surface area contributed by atoms with Crippen LogP contribution in [0.15, 0.2) is 78.9 Å². The van der Waals surface area contributed by atoms with E-state index in [0.717, 1.165) is 18.6 Å². The molecule has 4 rings (SSSR count). The highest BCUT2D eigenvalue weighted by atomic mass is 35.5. The maximum atomic E-state index is 5.90. The molecule has 140 valence electrons. The first-order chi connectivity index (χ1) is 12.8. The van der Waals surface area contributed by atoms with E-state index in [9.17, 15) is 0 Å². The van der Waals surface area contributed by atoms with Gasteiger partial charge in [-0.1, -0.05) is 66.7 Å². The zero-order valence-electron chi connectivity index (χ0n) is 15.6. The largest absolute Gasteiger partial charge is 0.489 e. The van der Waals surface area contributed by atoms with Crippen LogP contribution in [0.4, 0.5) is 0 Å². The van der Waals surface area contributed by atoms with Crippen LogP contribution in [0.25, 0.3) is 0 Å². The number of ether oxygens (including phenoxy) is 1. The van der Waals surface area contributed by atoms with Gasteiger partial charge in [-0.25, -0.2) is 0 Å². The molecule has 0 bridgehead atoms. The third-order valence-corrected chi connectivity index (χ3v) is 5.38. The summed E-state index contributed by atoms with van der Waals surface area (Å²) in [6, 6.07) is 28.2. The summed E-state index contributed by atoms with van der Waals surface area (Å²) in [6.45, 7) is 0.609. The molecule has 2 nitrogen and oxygen atoms in total. The van der Waals surface area contributed by atoms with Crippen LogP contribution in [-0.4, -0.2) is 13.1 Å². The Balaban J connectivity index is 0.00000210. The molecule has 3 aromatic rings. The van der Waals surface area contributed by atoms with Crippen molar-refractivity contribution in [3.05, 3.63) is 101 Å². The van der Waals surface area contributed by atoms with Crippen LogP contribution in [0.3, 0.4) is 0 Å². The van der Waals surface area contributed by atoms with E-state index in [2.05, 4.69) is 73.0 Å². The number of rotatable bonds is 6. The minimum Gasteiger partial charge on any atom is -0.489 e. The first-order valence-electron chi connectivity index (χ1n) is 9.34. The summed E-state index contributed by atoms with van der Waals surface area (Å²) < 4.78 is 5.90. The van der Waals surface area contributed by atoms with Gasteiger partial charge in [-0.2, -0.15) is 0 Å². The molecule has 0 aromatic heterocycles. The Labute approximate surface area is 168 Å². The van der Waals surface area contributed by atoms with E-state index in [1.807, 2.05) is 18.2 Å². The van der Waals surface area contributed by atoms with Crippen molar-refractivity contribution in [2.45, 2.75) is 31.4 Å². The van der Waals surface area contributed by atoms with Gasteiger partial charge in [0.15, 0.2) is 0 Å². The highest BCUT2D eigenvalue weighted by molar-refractivity contribution is 5.85. The fraction of sp³-hybridized carbons (Fsp3) is 0.250. The number of benzene rings is 3. The first kappa shape index (κ1) is 19.5. The Morgan fingerprint density at radius 1 is 0.852 bits per heavy atom. The third-order valence-electron chi connectivity index (χ3n) is 5.38. The van der Waals surface area contributed by atoms with E-state index < -0.39 is 0 Å². The molecule has 1 N–H and O–H groups in total. The number of halogens is 1. The van der Waals surface area contributed by atoms with Crippen LogP contribution in [0.2, 0.25) is 0 Å². The van der Waals surface area contributed by atoms with Gasteiger partial charge in [0, 0.05) is 12.0 Å². The van der Waals surface area contributed by atoms with Gasteiger partial charge in [0.25, 0.3) is 0 Å². The summed E-state index contributed by atoms with van der Waals surface area (Å²) in [7, 11) is 2.07. The minimum atomic E-state index is 0. The van der Waals surface area contributed by atoms with Gasteiger partial charge in [-0.15, -0.1) is 12.4 Å². The Bertz CT molecular complexity index is 848. The zero-order valence-corrected chi connectivity index (χ0v) is 16.4. The summed E-state index contributed by atoms with van der Waals surface area (Å²) in [4.78, 5) is 0. The predicted octanol–water partition coefficient (Wildman–Crippen LogP) is 5.16. The lowest BCUT2D eigenvalue weighted by molar-refractivity contribution is 0.306. The molecule has 0 amide bonds. The molecule has 0 spiro atoms. The van der Waals surface area contributed by atoms with E-state index >= 15 is 0 Å². The molecule has 0 unspecified atom stereocenters. The summed E-state index contributed by atoms with van der Waals surface area (Å²) in [5.74, 6) is 1.46. The molecule has 1 aliphatic carbocycles. The zero-order chi connectivity index (χ0) is 17.8. The topological polar surface area (TPSA) is 21.3 Å². The predicted molar refractivity (Wildman–Crippen MR) is 114 cm³/mol.